The van der Waals surface area contributed by atoms with Crippen LogP contribution >= 0.6 is 0 Å². The number of esters is 2. The van der Waals surface area contributed by atoms with E-state index in [9.17, 15) is 29.4 Å². The Balaban J connectivity index is 1.23. The molecular weight excluding hydrogens is 600 g/mol. The highest BCUT2D eigenvalue weighted by Crippen LogP contribution is 2.65. The van der Waals surface area contributed by atoms with Gasteiger partial charge in [-0.25, -0.2) is 9.59 Å². The van der Waals surface area contributed by atoms with Crippen molar-refractivity contribution in [1.29, 1.82) is 0 Å². The fourth-order valence-electron chi connectivity index (χ4n) is 7.47. The van der Waals surface area contributed by atoms with Crippen molar-refractivity contribution in [2.75, 3.05) is 27.2 Å². The van der Waals surface area contributed by atoms with Crippen molar-refractivity contribution in [3.8, 4) is 11.5 Å². The van der Waals surface area contributed by atoms with Gasteiger partial charge in [0.1, 0.15) is 5.76 Å². The molecule has 6 atom stereocenters. The number of piperidine rings is 1. The van der Waals surface area contributed by atoms with Gasteiger partial charge in [0, 0.05) is 30.1 Å². The molecule has 1 saturated heterocycles. The summed E-state index contributed by atoms with van der Waals surface area (Å²) in [7, 11) is 3.55. The van der Waals surface area contributed by atoms with E-state index in [1.54, 1.807) is 43.5 Å². The summed E-state index contributed by atoms with van der Waals surface area (Å²) in [6.07, 6.45) is -2.08. The number of carbonyl (C=O) groups excluding carboxylic acids is 3. The number of carboxylic acids is 1. The van der Waals surface area contributed by atoms with Crippen LogP contribution in [0.3, 0.4) is 0 Å². The number of likely N-dealkylation sites (N-methyl/N-ethyl adjacent to an activating group) is 1. The smallest absolute Gasteiger partial charge is 0.357 e. The lowest BCUT2D eigenvalue weighted by molar-refractivity contribution is -0.176. The van der Waals surface area contributed by atoms with E-state index in [0.717, 1.165) is 11.1 Å². The summed E-state index contributed by atoms with van der Waals surface area (Å²) in [5.74, 6) is -2.73. The molecule has 1 fully saturated rings. The monoisotopic (exact) mass is 636 g/mol. The number of nitrogens with one attached hydrogen (secondary N) is 1. The van der Waals surface area contributed by atoms with E-state index in [4.69, 9.17) is 24.1 Å². The Morgan fingerprint density at radius 2 is 1.91 bits per heavy atom. The number of nitrogens with zero attached hydrogens (tertiary/aromatic N) is 1. The van der Waals surface area contributed by atoms with Gasteiger partial charge in [0.2, 0.25) is 12.0 Å². The molecule has 2 heterocycles. The van der Waals surface area contributed by atoms with Crippen molar-refractivity contribution >= 4 is 23.8 Å². The molecule has 2 bridgehead atoms. The number of carboxylic acid groups (broad SMARTS) is 1. The molecule has 2 aliphatic carbocycles. The number of benzene rings is 2. The average Bonchev–Trinajstić information content (AvgIpc) is 3.39. The first-order valence-corrected chi connectivity index (χ1v) is 15.1. The number of hydrogen-bond donors (Lipinski definition) is 4. The van der Waals surface area contributed by atoms with Crippen LogP contribution in [0.4, 0.5) is 0 Å². The summed E-state index contributed by atoms with van der Waals surface area (Å²) < 4.78 is 23.8. The van der Waals surface area contributed by atoms with Crippen molar-refractivity contribution in [2.24, 2.45) is 0 Å². The lowest BCUT2D eigenvalue weighted by Gasteiger charge is -2.61. The van der Waals surface area contributed by atoms with Crippen LogP contribution < -0.4 is 14.8 Å². The number of rotatable bonds is 11. The SMILES string of the molecule is COc1ccc2c3c1O[C@H]1C(OC(=O)[C@H](OC(=O)CCNC(=O)C[C@H](O)C(=O)O)c4ccccc4)=CC[C@@]4(O)[C@H](C2)N(C)CC[C@]314. The van der Waals surface area contributed by atoms with Crippen LogP contribution in [0.5, 0.6) is 11.5 Å². The summed E-state index contributed by atoms with van der Waals surface area (Å²) in [6.45, 7) is 0.487. The molecule has 244 valence electrons. The predicted molar refractivity (Wildman–Crippen MR) is 159 cm³/mol. The number of aliphatic carboxylic acids is 1. The molecule has 4 N–H and O–H groups in total. The first-order valence-electron chi connectivity index (χ1n) is 15.1. The van der Waals surface area contributed by atoms with Gasteiger partial charge >= 0.3 is 17.9 Å². The maximum atomic E-state index is 13.8. The van der Waals surface area contributed by atoms with Crippen molar-refractivity contribution in [3.63, 3.8) is 0 Å². The number of aliphatic hydroxyl groups is 2. The van der Waals surface area contributed by atoms with Gasteiger partial charge in [-0.05, 0) is 44.1 Å². The summed E-state index contributed by atoms with van der Waals surface area (Å²) in [6, 6.07) is 12.0. The minimum atomic E-state index is -1.87. The maximum absolute atomic E-state index is 13.8. The van der Waals surface area contributed by atoms with E-state index in [1.807, 2.05) is 19.2 Å². The molecule has 13 nitrogen and oxygen atoms in total. The second-order valence-corrected chi connectivity index (χ2v) is 12.1. The van der Waals surface area contributed by atoms with Gasteiger partial charge in [0.25, 0.3) is 0 Å². The zero-order valence-electron chi connectivity index (χ0n) is 25.4. The highest BCUT2D eigenvalue weighted by atomic mass is 16.6. The van der Waals surface area contributed by atoms with Crippen LogP contribution in [0.25, 0.3) is 0 Å². The molecule has 0 aromatic heterocycles. The van der Waals surface area contributed by atoms with Gasteiger partial charge in [0.05, 0.1) is 31.0 Å². The predicted octanol–water partition coefficient (Wildman–Crippen LogP) is 1.14. The molecule has 6 rings (SSSR count). The molecule has 0 unspecified atom stereocenters. The molecule has 1 spiro atoms. The number of amides is 1. The normalized spacial score (nSPS) is 26.8. The molecule has 46 heavy (non-hydrogen) atoms. The van der Waals surface area contributed by atoms with Gasteiger partial charge in [-0.1, -0.05) is 36.4 Å². The molecule has 2 aromatic carbocycles. The lowest BCUT2D eigenvalue weighted by Crippen LogP contribution is -2.74. The van der Waals surface area contributed by atoms with Crippen LogP contribution in [0.15, 0.2) is 54.3 Å². The van der Waals surface area contributed by atoms with Gasteiger partial charge in [-0.3, -0.25) is 9.59 Å². The topological polar surface area (TPSA) is 181 Å². The third-order valence-electron chi connectivity index (χ3n) is 9.66. The second kappa shape index (κ2) is 12.0. The minimum Gasteiger partial charge on any atom is -0.493 e. The Morgan fingerprint density at radius 3 is 2.63 bits per heavy atom. The standard InChI is InChI=1S/C33H36N2O11/c1-35-15-13-32-26-19-8-9-21(43-2)28(26)46-29(32)22(10-12-33(32,42)23(35)16-19)44-31(41)27(18-6-4-3-5-7-18)45-25(38)11-14-34-24(37)17-20(36)30(39)40/h3-10,20,23,27,29,36,42H,11-17H2,1-2H3,(H,34,37)(H,39,40)/t20-,23-,27+,29-,32-,33+/m0/s1. The maximum Gasteiger partial charge on any atom is 0.357 e. The van der Waals surface area contributed by atoms with Crippen LogP contribution in [0.1, 0.15) is 48.5 Å². The molecule has 0 saturated carbocycles. The fourth-order valence-corrected chi connectivity index (χ4v) is 7.47. The second-order valence-electron chi connectivity index (χ2n) is 12.1. The zero-order valence-corrected chi connectivity index (χ0v) is 25.4. The quantitative estimate of drug-likeness (QED) is 0.259. The van der Waals surface area contributed by atoms with Crippen LogP contribution in [0, 0.1) is 0 Å². The first-order chi connectivity index (χ1) is 22.0. The Bertz CT molecular complexity index is 1590. The molecule has 2 aromatic rings. The number of hydrogen-bond acceptors (Lipinski definition) is 11. The summed E-state index contributed by atoms with van der Waals surface area (Å²) >= 11 is 0. The molecule has 0 radical (unpaired) electrons. The van der Waals surface area contributed by atoms with E-state index in [0.29, 0.717) is 36.4 Å². The van der Waals surface area contributed by atoms with E-state index in [2.05, 4.69) is 10.2 Å². The molecular formula is C33H36N2O11. The summed E-state index contributed by atoms with van der Waals surface area (Å²) in [5.41, 5.74) is 0.206. The van der Waals surface area contributed by atoms with E-state index in [1.165, 1.54) is 0 Å². The average molecular weight is 637 g/mol. The van der Waals surface area contributed by atoms with E-state index >= 15 is 0 Å². The largest absolute Gasteiger partial charge is 0.493 e. The number of carbonyl (C=O) groups is 4. The van der Waals surface area contributed by atoms with E-state index < -0.39 is 59.6 Å². The summed E-state index contributed by atoms with van der Waals surface area (Å²) in [5, 5.41) is 32.9. The van der Waals surface area contributed by atoms with Crippen LogP contribution in [-0.2, 0) is 40.5 Å². The van der Waals surface area contributed by atoms with Gasteiger partial charge in [-0.15, -0.1) is 0 Å². The third-order valence-corrected chi connectivity index (χ3v) is 9.66. The van der Waals surface area contributed by atoms with Gasteiger partial charge in [-0.2, -0.15) is 0 Å². The molecule has 1 amide bonds. The number of likely N-dealkylation sites (tertiary alicyclic amines) is 1. The molecule has 2 aliphatic heterocycles. The Morgan fingerprint density at radius 1 is 1.15 bits per heavy atom. The van der Waals surface area contributed by atoms with Crippen LogP contribution in [0.2, 0.25) is 0 Å². The number of ether oxygens (including phenoxy) is 4. The fraction of sp³-hybridized carbons (Fsp3) is 0.455. The Kier molecular flexibility index (Phi) is 8.25. The Hall–Kier alpha value is -4.46. The molecule has 13 heteroatoms. The summed E-state index contributed by atoms with van der Waals surface area (Å²) in [4.78, 5) is 51.5. The van der Waals surface area contributed by atoms with Crippen LogP contribution in [-0.4, -0.2) is 95.1 Å². The van der Waals surface area contributed by atoms with Crippen molar-refractivity contribution < 1.29 is 53.4 Å². The highest BCUT2D eigenvalue weighted by molar-refractivity contribution is 5.84. The van der Waals surface area contributed by atoms with Gasteiger partial charge < -0.3 is 44.5 Å². The Labute approximate surface area is 264 Å². The number of methoxy groups -OCH3 is 1. The third kappa shape index (κ3) is 5.08. The number of aliphatic hydroxyl groups excluding tert-OH is 1. The van der Waals surface area contributed by atoms with E-state index in [-0.39, 0.29) is 31.2 Å². The highest BCUT2D eigenvalue weighted by Gasteiger charge is 2.72. The first kappa shape index (κ1) is 31.5. The lowest BCUT2D eigenvalue weighted by atomic mass is 9.50. The van der Waals surface area contributed by atoms with Crippen molar-refractivity contribution in [1.82, 2.24) is 10.2 Å². The molecule has 4 aliphatic rings. The minimum absolute atomic E-state index is 0.182. The van der Waals surface area contributed by atoms with Crippen molar-refractivity contribution in [3.05, 3.63) is 71.0 Å². The zero-order chi connectivity index (χ0) is 32.8. The van der Waals surface area contributed by atoms with Gasteiger partial charge in [0.15, 0.2) is 23.7 Å². The van der Waals surface area contributed by atoms with Crippen molar-refractivity contribution in [2.45, 2.75) is 67.5 Å².